The van der Waals surface area contributed by atoms with Gasteiger partial charge in [-0.05, 0) is 68.6 Å². The zero-order chi connectivity index (χ0) is 27.1. The molecule has 3 amide bonds. The number of likely N-dealkylation sites (tertiary alicyclic amines) is 1. The molecule has 2 N–H and O–H groups in total. The van der Waals surface area contributed by atoms with Crippen LogP contribution in [0.4, 0.5) is 4.39 Å². The number of thiazole rings is 1. The van der Waals surface area contributed by atoms with E-state index in [0.717, 1.165) is 27.3 Å². The van der Waals surface area contributed by atoms with Crippen LogP contribution in [0.15, 0.2) is 23.7 Å². The van der Waals surface area contributed by atoms with Crippen molar-refractivity contribution in [3.8, 4) is 10.4 Å². The third-order valence-electron chi connectivity index (χ3n) is 7.43. The van der Waals surface area contributed by atoms with E-state index in [0.29, 0.717) is 19.4 Å². The molecule has 37 heavy (non-hydrogen) atoms. The van der Waals surface area contributed by atoms with Crippen molar-refractivity contribution in [2.45, 2.75) is 91.0 Å². The number of nitrogens with one attached hydrogen (secondary N) is 2. The molecule has 0 spiro atoms. The van der Waals surface area contributed by atoms with Gasteiger partial charge in [0.15, 0.2) is 5.67 Å². The highest BCUT2D eigenvalue weighted by Gasteiger charge is 2.53. The van der Waals surface area contributed by atoms with E-state index in [-0.39, 0.29) is 30.7 Å². The van der Waals surface area contributed by atoms with Crippen molar-refractivity contribution in [1.29, 1.82) is 0 Å². The lowest BCUT2D eigenvalue weighted by Crippen LogP contribution is -2.59. The summed E-state index contributed by atoms with van der Waals surface area (Å²) in [5, 5.41) is 5.74. The molecule has 2 aromatic rings. The number of halogens is 1. The summed E-state index contributed by atoms with van der Waals surface area (Å²) < 4.78 is 14.3. The maximum Gasteiger partial charge on any atom is 0.258 e. The van der Waals surface area contributed by atoms with Crippen LogP contribution in [0.1, 0.15) is 76.2 Å². The molecule has 1 aliphatic heterocycles. The topological polar surface area (TPSA) is 91.4 Å². The number of aromatic nitrogens is 1. The van der Waals surface area contributed by atoms with Gasteiger partial charge in [0.1, 0.15) is 12.1 Å². The monoisotopic (exact) mass is 528 g/mol. The number of benzene rings is 1. The molecule has 1 saturated carbocycles. The van der Waals surface area contributed by atoms with Crippen LogP contribution in [-0.2, 0) is 14.4 Å². The zero-order valence-electron chi connectivity index (χ0n) is 22.5. The first-order chi connectivity index (χ1) is 17.3. The van der Waals surface area contributed by atoms with Gasteiger partial charge in [0, 0.05) is 6.54 Å². The molecule has 1 aliphatic carbocycles. The molecular formula is C28H37FN4O3S. The second kappa shape index (κ2) is 10.2. The van der Waals surface area contributed by atoms with Gasteiger partial charge in [0.05, 0.1) is 22.1 Å². The standard InChI is InChI=1S/C28H37FN4O3S/c1-16-14-19(22-18(3)30-15-37-22)9-10-20(16)17(2)31-24(34)21-8-7-13-33(21)25(35)23(27(4,5)6)32-26(36)28(29)11-12-28/h9-10,14-15,17,21,23H,7-8,11-13H2,1-6H3,(H,31,34)(H,32,36)/t17-,21?,23+/m0/s1. The van der Waals surface area contributed by atoms with Crippen LogP contribution in [0.25, 0.3) is 10.4 Å². The highest BCUT2D eigenvalue weighted by atomic mass is 32.1. The predicted molar refractivity (Wildman–Crippen MR) is 143 cm³/mol. The van der Waals surface area contributed by atoms with Crippen molar-refractivity contribution < 1.29 is 18.8 Å². The van der Waals surface area contributed by atoms with Crippen LogP contribution in [0, 0.1) is 19.3 Å². The highest BCUT2D eigenvalue weighted by molar-refractivity contribution is 7.13. The Morgan fingerprint density at radius 2 is 1.89 bits per heavy atom. The molecule has 200 valence electrons. The van der Waals surface area contributed by atoms with Crippen LogP contribution in [0.2, 0.25) is 0 Å². The lowest BCUT2D eigenvalue weighted by Gasteiger charge is -2.36. The minimum Gasteiger partial charge on any atom is -0.348 e. The average Bonchev–Trinajstić information content (AvgIpc) is 3.21. The second-order valence-corrected chi connectivity index (χ2v) is 12.4. The summed E-state index contributed by atoms with van der Waals surface area (Å²) in [6.07, 6.45) is 1.60. The Morgan fingerprint density at radius 1 is 1.19 bits per heavy atom. The van der Waals surface area contributed by atoms with Crippen LogP contribution in [-0.4, -0.2) is 51.9 Å². The van der Waals surface area contributed by atoms with E-state index >= 15 is 0 Å². The number of aryl methyl sites for hydroxylation is 2. The molecule has 2 heterocycles. The van der Waals surface area contributed by atoms with Crippen molar-refractivity contribution in [1.82, 2.24) is 20.5 Å². The molecule has 3 atom stereocenters. The average molecular weight is 529 g/mol. The Kier molecular flexibility index (Phi) is 7.48. The lowest BCUT2D eigenvalue weighted by atomic mass is 9.85. The van der Waals surface area contributed by atoms with Gasteiger partial charge in [0.25, 0.3) is 5.91 Å². The number of hydrogen-bond acceptors (Lipinski definition) is 5. The van der Waals surface area contributed by atoms with E-state index in [1.54, 1.807) is 16.2 Å². The van der Waals surface area contributed by atoms with Crippen LogP contribution in [0.3, 0.4) is 0 Å². The van der Waals surface area contributed by atoms with Gasteiger partial charge >= 0.3 is 0 Å². The summed E-state index contributed by atoms with van der Waals surface area (Å²) in [4.78, 5) is 46.4. The molecule has 4 rings (SSSR count). The molecule has 1 saturated heterocycles. The third-order valence-corrected chi connectivity index (χ3v) is 8.40. The molecule has 9 heteroatoms. The van der Waals surface area contributed by atoms with Gasteiger partial charge in [0.2, 0.25) is 11.8 Å². The summed E-state index contributed by atoms with van der Waals surface area (Å²) >= 11 is 1.60. The van der Waals surface area contributed by atoms with Gasteiger partial charge in [-0.25, -0.2) is 9.37 Å². The molecule has 2 fully saturated rings. The van der Waals surface area contributed by atoms with Gasteiger partial charge < -0.3 is 15.5 Å². The Bertz CT molecular complexity index is 1200. The van der Waals surface area contributed by atoms with E-state index in [4.69, 9.17) is 0 Å². The van der Waals surface area contributed by atoms with E-state index in [1.165, 1.54) is 0 Å². The summed E-state index contributed by atoms with van der Waals surface area (Å²) in [6, 6.07) is 4.40. The minimum atomic E-state index is -1.87. The van der Waals surface area contributed by atoms with Crippen LogP contribution < -0.4 is 10.6 Å². The van der Waals surface area contributed by atoms with Gasteiger partial charge in [-0.15, -0.1) is 11.3 Å². The first kappa shape index (κ1) is 27.2. The smallest absolute Gasteiger partial charge is 0.258 e. The number of carbonyl (C=O) groups excluding carboxylic acids is 3. The summed E-state index contributed by atoms with van der Waals surface area (Å²) in [7, 11) is 0. The SMILES string of the molecule is Cc1cc(-c2scnc2C)ccc1[C@H](C)NC(=O)C1CCCN1C(=O)[C@@H](NC(=O)C1(F)CC1)C(C)(C)C. The molecule has 1 unspecified atom stereocenters. The van der Waals surface area contributed by atoms with Crippen molar-refractivity contribution in [2.24, 2.45) is 5.41 Å². The van der Waals surface area contributed by atoms with E-state index in [1.807, 2.05) is 59.2 Å². The maximum absolute atomic E-state index is 14.3. The third kappa shape index (κ3) is 5.71. The normalized spacial score (nSPS) is 20.3. The van der Waals surface area contributed by atoms with Crippen LogP contribution in [0.5, 0.6) is 0 Å². The first-order valence-corrected chi connectivity index (χ1v) is 13.8. The van der Waals surface area contributed by atoms with E-state index < -0.39 is 29.1 Å². The molecule has 2 aliphatic rings. The van der Waals surface area contributed by atoms with E-state index in [9.17, 15) is 18.8 Å². The molecule has 1 aromatic heterocycles. The number of alkyl halides is 1. The van der Waals surface area contributed by atoms with Crippen molar-refractivity contribution in [3.05, 3.63) is 40.5 Å². The van der Waals surface area contributed by atoms with E-state index in [2.05, 4.69) is 21.7 Å². The van der Waals surface area contributed by atoms with Gasteiger partial charge in [-0.3, -0.25) is 14.4 Å². The molecular weight excluding hydrogens is 491 g/mol. The lowest BCUT2D eigenvalue weighted by molar-refractivity contribution is -0.145. The Hall–Kier alpha value is -2.81. The van der Waals surface area contributed by atoms with Gasteiger partial charge in [-0.1, -0.05) is 39.0 Å². The number of amides is 3. The maximum atomic E-state index is 14.3. The quantitative estimate of drug-likeness (QED) is 0.548. The summed E-state index contributed by atoms with van der Waals surface area (Å²) in [6.45, 7) is 11.9. The zero-order valence-corrected chi connectivity index (χ0v) is 23.3. The van der Waals surface area contributed by atoms with Crippen LogP contribution >= 0.6 is 11.3 Å². The predicted octanol–water partition coefficient (Wildman–Crippen LogP) is 4.63. The summed E-state index contributed by atoms with van der Waals surface area (Å²) in [5.41, 5.74) is 3.50. The fourth-order valence-corrected chi connectivity index (χ4v) is 5.79. The molecule has 7 nitrogen and oxygen atoms in total. The second-order valence-electron chi connectivity index (χ2n) is 11.5. The number of hydrogen-bond donors (Lipinski definition) is 2. The minimum absolute atomic E-state index is 0.181. The fourth-order valence-electron chi connectivity index (χ4n) is 4.98. The molecule has 0 radical (unpaired) electrons. The molecule has 1 aromatic carbocycles. The Balaban J connectivity index is 1.46. The Morgan fingerprint density at radius 3 is 2.46 bits per heavy atom. The number of rotatable bonds is 7. The van der Waals surface area contributed by atoms with Crippen molar-refractivity contribution in [2.75, 3.05) is 6.54 Å². The molecule has 0 bridgehead atoms. The van der Waals surface area contributed by atoms with Crippen molar-refractivity contribution >= 4 is 29.1 Å². The number of carbonyl (C=O) groups is 3. The highest BCUT2D eigenvalue weighted by Crippen LogP contribution is 2.40. The number of nitrogens with zero attached hydrogens (tertiary/aromatic N) is 2. The summed E-state index contributed by atoms with van der Waals surface area (Å²) in [5.74, 6) is -1.29. The Labute approximate surface area is 222 Å². The van der Waals surface area contributed by atoms with Gasteiger partial charge in [-0.2, -0.15) is 0 Å². The fraction of sp³-hybridized carbons (Fsp3) is 0.571. The van der Waals surface area contributed by atoms with Crippen molar-refractivity contribution in [3.63, 3.8) is 0 Å². The largest absolute Gasteiger partial charge is 0.348 e. The first-order valence-electron chi connectivity index (χ1n) is 12.9.